The summed E-state index contributed by atoms with van der Waals surface area (Å²) in [6.45, 7) is 7.59. The van der Waals surface area contributed by atoms with E-state index in [0.717, 1.165) is 39.8 Å². The first-order valence-corrected chi connectivity index (χ1v) is 9.78. The molecule has 1 aliphatic heterocycles. The van der Waals surface area contributed by atoms with Crippen LogP contribution in [-0.4, -0.2) is 39.6 Å². The summed E-state index contributed by atoms with van der Waals surface area (Å²) in [5.74, 6) is 1.83. The predicted molar refractivity (Wildman–Crippen MR) is 96.6 cm³/mol. The van der Waals surface area contributed by atoms with Crippen LogP contribution in [0.3, 0.4) is 0 Å². The Bertz CT molecular complexity index is 700. The maximum Gasteiger partial charge on any atom is 0.190 e. The number of aromatic nitrogens is 2. The van der Waals surface area contributed by atoms with Crippen LogP contribution in [0.15, 0.2) is 5.16 Å². The number of aliphatic hydroxyl groups excluding tert-OH is 1. The number of nitrogens with one attached hydrogen (secondary N) is 1. The molecule has 1 aliphatic rings. The molecule has 0 amide bonds. The first kappa shape index (κ1) is 17.0. The molecule has 0 bridgehead atoms. The average molecular weight is 354 g/mol. The summed E-state index contributed by atoms with van der Waals surface area (Å²) in [7, 11) is 0. The third kappa shape index (κ3) is 3.63. The Morgan fingerprint density at radius 1 is 1.39 bits per heavy atom. The monoisotopic (exact) mass is 353 g/mol. The number of fused-ring (bicyclic) bond motifs is 3. The lowest BCUT2D eigenvalue weighted by Crippen LogP contribution is -2.30. The van der Waals surface area contributed by atoms with Crippen molar-refractivity contribution in [3.63, 3.8) is 0 Å². The van der Waals surface area contributed by atoms with Crippen LogP contribution in [0.5, 0.6) is 0 Å². The molecule has 2 aromatic heterocycles. The van der Waals surface area contributed by atoms with E-state index in [9.17, 15) is 0 Å². The Morgan fingerprint density at radius 2 is 2.22 bits per heavy atom. The van der Waals surface area contributed by atoms with E-state index < -0.39 is 0 Å². The first-order chi connectivity index (χ1) is 11.0. The zero-order chi connectivity index (χ0) is 16.4. The molecule has 7 heteroatoms. The van der Waals surface area contributed by atoms with Crippen molar-refractivity contribution in [2.24, 2.45) is 0 Å². The summed E-state index contributed by atoms with van der Waals surface area (Å²) in [6.07, 6.45) is 1.99. The van der Waals surface area contributed by atoms with Gasteiger partial charge in [-0.3, -0.25) is 0 Å². The van der Waals surface area contributed by atoms with Crippen LogP contribution in [0.1, 0.15) is 37.6 Å². The summed E-state index contributed by atoms with van der Waals surface area (Å²) < 4.78 is 7.05. The second-order valence-electron chi connectivity index (χ2n) is 6.26. The van der Waals surface area contributed by atoms with Crippen molar-refractivity contribution in [1.82, 2.24) is 9.97 Å². The molecule has 126 valence electrons. The molecule has 0 saturated carbocycles. The Hall–Kier alpha value is -0.890. The summed E-state index contributed by atoms with van der Waals surface area (Å²) >= 11 is 3.43. The number of thioether (sulfide) groups is 1. The van der Waals surface area contributed by atoms with E-state index in [2.05, 4.69) is 31.1 Å². The van der Waals surface area contributed by atoms with Crippen LogP contribution >= 0.6 is 23.1 Å². The van der Waals surface area contributed by atoms with E-state index in [1.54, 1.807) is 23.1 Å². The molecule has 0 saturated heterocycles. The van der Waals surface area contributed by atoms with E-state index in [-0.39, 0.29) is 12.2 Å². The smallest absolute Gasteiger partial charge is 0.190 e. The van der Waals surface area contributed by atoms with Gasteiger partial charge in [-0.15, -0.1) is 11.3 Å². The third-order valence-corrected chi connectivity index (χ3v) is 6.01. The SMILES string of the molecule is CCCSc1nc(NCCO)c2sc3c(c2n1)COC(C)(C)C3. The molecular weight excluding hydrogens is 330 g/mol. The van der Waals surface area contributed by atoms with Crippen molar-refractivity contribution in [2.75, 3.05) is 24.2 Å². The van der Waals surface area contributed by atoms with Gasteiger partial charge in [-0.05, 0) is 20.3 Å². The van der Waals surface area contributed by atoms with E-state index in [4.69, 9.17) is 14.8 Å². The summed E-state index contributed by atoms with van der Waals surface area (Å²) in [4.78, 5) is 10.8. The highest BCUT2D eigenvalue weighted by Crippen LogP contribution is 2.41. The third-order valence-electron chi connectivity index (χ3n) is 3.73. The van der Waals surface area contributed by atoms with Gasteiger partial charge in [0.1, 0.15) is 5.82 Å². The molecule has 0 spiro atoms. The minimum absolute atomic E-state index is 0.0875. The van der Waals surface area contributed by atoms with Crippen LogP contribution in [0.4, 0.5) is 5.82 Å². The number of rotatable bonds is 6. The second kappa shape index (κ2) is 6.93. The molecule has 0 fully saturated rings. The van der Waals surface area contributed by atoms with Crippen LogP contribution in [0.2, 0.25) is 0 Å². The van der Waals surface area contributed by atoms with Crippen molar-refractivity contribution in [2.45, 2.75) is 51.0 Å². The van der Waals surface area contributed by atoms with Gasteiger partial charge in [0, 0.05) is 29.2 Å². The number of anilines is 1. The number of ether oxygens (including phenoxy) is 1. The number of hydrogen-bond donors (Lipinski definition) is 2. The van der Waals surface area contributed by atoms with Gasteiger partial charge in [-0.2, -0.15) is 0 Å². The molecule has 3 rings (SSSR count). The van der Waals surface area contributed by atoms with E-state index in [1.165, 1.54) is 10.4 Å². The largest absolute Gasteiger partial charge is 0.395 e. The molecule has 0 atom stereocenters. The molecule has 0 aliphatic carbocycles. The van der Waals surface area contributed by atoms with Gasteiger partial charge < -0.3 is 15.2 Å². The van der Waals surface area contributed by atoms with Crippen LogP contribution in [0, 0.1) is 0 Å². The second-order valence-corrected chi connectivity index (χ2v) is 8.43. The van der Waals surface area contributed by atoms with Gasteiger partial charge in [0.15, 0.2) is 5.16 Å². The molecule has 2 aromatic rings. The van der Waals surface area contributed by atoms with Gasteiger partial charge in [0.25, 0.3) is 0 Å². The first-order valence-electron chi connectivity index (χ1n) is 7.98. The molecule has 2 N–H and O–H groups in total. The van der Waals surface area contributed by atoms with Crippen LogP contribution < -0.4 is 5.32 Å². The maximum atomic E-state index is 9.11. The lowest BCUT2D eigenvalue weighted by atomic mass is 9.98. The lowest BCUT2D eigenvalue weighted by Gasteiger charge is -2.29. The number of aliphatic hydroxyl groups is 1. The zero-order valence-corrected chi connectivity index (χ0v) is 15.4. The normalized spacial score (nSPS) is 16.5. The minimum Gasteiger partial charge on any atom is -0.395 e. The fourth-order valence-corrected chi connectivity index (χ4v) is 4.72. The molecule has 0 unspecified atom stereocenters. The highest BCUT2D eigenvalue weighted by Gasteiger charge is 2.30. The molecule has 0 aromatic carbocycles. The highest BCUT2D eigenvalue weighted by atomic mass is 32.2. The standard InChI is InChI=1S/C16H23N3O2S2/c1-4-7-22-15-18-12-10-9-21-16(2,3)8-11(10)23-13(12)14(19-15)17-5-6-20/h20H,4-9H2,1-3H3,(H,17,18,19). The fraction of sp³-hybridized carbons (Fsp3) is 0.625. The summed E-state index contributed by atoms with van der Waals surface area (Å²) in [5.41, 5.74) is 2.09. The predicted octanol–water partition coefficient (Wildman–Crippen LogP) is 3.45. The van der Waals surface area contributed by atoms with E-state index >= 15 is 0 Å². The summed E-state index contributed by atoms with van der Waals surface area (Å²) in [6, 6.07) is 0. The Kier molecular flexibility index (Phi) is 5.10. The number of nitrogens with zero attached hydrogens (tertiary/aromatic N) is 2. The summed E-state index contributed by atoms with van der Waals surface area (Å²) in [5, 5.41) is 13.1. The quantitative estimate of drug-likeness (QED) is 0.612. The minimum atomic E-state index is -0.125. The van der Waals surface area contributed by atoms with Crippen LogP contribution in [0.25, 0.3) is 10.2 Å². The van der Waals surface area contributed by atoms with E-state index in [1.807, 2.05) is 0 Å². The lowest BCUT2D eigenvalue weighted by molar-refractivity contribution is -0.0383. The molecule has 5 nitrogen and oxygen atoms in total. The zero-order valence-electron chi connectivity index (χ0n) is 13.8. The Morgan fingerprint density at radius 3 is 2.96 bits per heavy atom. The maximum absolute atomic E-state index is 9.11. The van der Waals surface area contributed by atoms with Gasteiger partial charge in [0.05, 0.1) is 29.0 Å². The Balaban J connectivity index is 2.06. The van der Waals surface area contributed by atoms with Gasteiger partial charge >= 0.3 is 0 Å². The Labute approximate surface area is 144 Å². The van der Waals surface area contributed by atoms with Crippen molar-refractivity contribution < 1.29 is 9.84 Å². The van der Waals surface area contributed by atoms with Crippen LogP contribution in [-0.2, 0) is 17.8 Å². The topological polar surface area (TPSA) is 67.3 Å². The highest BCUT2D eigenvalue weighted by molar-refractivity contribution is 7.99. The van der Waals surface area contributed by atoms with Gasteiger partial charge in [0.2, 0.25) is 0 Å². The number of thiophene rings is 1. The van der Waals surface area contributed by atoms with Crippen molar-refractivity contribution in [3.05, 3.63) is 10.4 Å². The molecule has 23 heavy (non-hydrogen) atoms. The van der Waals surface area contributed by atoms with Crippen molar-refractivity contribution >= 4 is 39.1 Å². The van der Waals surface area contributed by atoms with Gasteiger partial charge in [-0.1, -0.05) is 18.7 Å². The van der Waals surface area contributed by atoms with Crippen molar-refractivity contribution in [3.8, 4) is 0 Å². The van der Waals surface area contributed by atoms with E-state index in [0.29, 0.717) is 13.2 Å². The molecular formula is C16H23N3O2S2. The molecule has 0 radical (unpaired) electrons. The fourth-order valence-electron chi connectivity index (χ4n) is 2.60. The molecule has 3 heterocycles. The van der Waals surface area contributed by atoms with Gasteiger partial charge in [-0.25, -0.2) is 9.97 Å². The van der Waals surface area contributed by atoms with Crippen molar-refractivity contribution in [1.29, 1.82) is 0 Å². The average Bonchev–Trinajstić information content (AvgIpc) is 2.86. The number of hydrogen-bond acceptors (Lipinski definition) is 7.